The van der Waals surface area contributed by atoms with Gasteiger partial charge in [0.1, 0.15) is 0 Å². The lowest BCUT2D eigenvalue weighted by atomic mass is 10.2. The van der Waals surface area contributed by atoms with E-state index in [1.54, 1.807) is 6.07 Å². The van der Waals surface area contributed by atoms with Crippen LogP contribution < -0.4 is 10.0 Å². The molecule has 0 unspecified atom stereocenters. The molecular formula is C17H17N3O3S. The number of amides is 1. The predicted molar refractivity (Wildman–Crippen MR) is 89.5 cm³/mol. The summed E-state index contributed by atoms with van der Waals surface area (Å²) in [6, 6.07) is 17.1. The van der Waals surface area contributed by atoms with E-state index >= 15 is 0 Å². The van der Waals surface area contributed by atoms with Crippen molar-refractivity contribution in [2.75, 3.05) is 6.54 Å². The molecule has 2 rings (SSSR count). The number of nitrogens with zero attached hydrogens (tertiary/aromatic N) is 1. The van der Waals surface area contributed by atoms with Gasteiger partial charge in [-0.1, -0.05) is 36.4 Å². The standard InChI is InChI=1S/C17H17N3O3S/c18-10-5-11-20-24(22,23)16-9-4-8-15(12-16)17(21)19-13-14-6-2-1-3-7-14/h1-4,6-9,12,20H,5,11,13H2,(H,19,21). The molecule has 0 aromatic heterocycles. The summed E-state index contributed by atoms with van der Waals surface area (Å²) in [5.74, 6) is -0.354. The lowest BCUT2D eigenvalue weighted by Crippen LogP contribution is -2.26. The first-order chi connectivity index (χ1) is 11.5. The third kappa shape index (κ3) is 4.91. The molecule has 0 bridgehead atoms. The molecule has 6 nitrogen and oxygen atoms in total. The Labute approximate surface area is 141 Å². The van der Waals surface area contributed by atoms with Crippen LogP contribution in [-0.4, -0.2) is 20.9 Å². The van der Waals surface area contributed by atoms with E-state index in [4.69, 9.17) is 5.26 Å². The van der Waals surface area contributed by atoms with Crippen molar-refractivity contribution in [2.45, 2.75) is 17.9 Å². The fourth-order valence-corrected chi connectivity index (χ4v) is 3.09. The first kappa shape index (κ1) is 17.7. The number of nitriles is 1. The Kier molecular flexibility index (Phi) is 6.07. The minimum atomic E-state index is -3.74. The van der Waals surface area contributed by atoms with Gasteiger partial charge in [0.15, 0.2) is 0 Å². The quantitative estimate of drug-likeness (QED) is 0.749. The topological polar surface area (TPSA) is 99.1 Å². The van der Waals surface area contributed by atoms with Gasteiger partial charge in [-0.2, -0.15) is 5.26 Å². The van der Waals surface area contributed by atoms with Gasteiger partial charge in [0, 0.05) is 25.1 Å². The number of hydrogen-bond donors (Lipinski definition) is 2. The van der Waals surface area contributed by atoms with E-state index in [2.05, 4.69) is 10.0 Å². The van der Waals surface area contributed by atoms with E-state index in [1.807, 2.05) is 36.4 Å². The van der Waals surface area contributed by atoms with Crippen LogP contribution in [0.15, 0.2) is 59.5 Å². The minimum absolute atomic E-state index is 0.00667. The van der Waals surface area contributed by atoms with Crippen molar-refractivity contribution in [1.82, 2.24) is 10.0 Å². The minimum Gasteiger partial charge on any atom is -0.348 e. The van der Waals surface area contributed by atoms with Gasteiger partial charge in [0.25, 0.3) is 5.91 Å². The Hall–Kier alpha value is -2.69. The van der Waals surface area contributed by atoms with Gasteiger partial charge in [-0.05, 0) is 23.8 Å². The van der Waals surface area contributed by atoms with Crippen LogP contribution in [0.5, 0.6) is 0 Å². The van der Waals surface area contributed by atoms with Crippen LogP contribution in [0.2, 0.25) is 0 Å². The predicted octanol–water partition coefficient (Wildman–Crippen LogP) is 1.81. The van der Waals surface area contributed by atoms with Crippen LogP contribution >= 0.6 is 0 Å². The Morgan fingerprint density at radius 1 is 1.08 bits per heavy atom. The molecule has 2 aromatic rings. The Morgan fingerprint density at radius 3 is 2.54 bits per heavy atom. The number of nitrogens with one attached hydrogen (secondary N) is 2. The Morgan fingerprint density at radius 2 is 1.83 bits per heavy atom. The van der Waals surface area contributed by atoms with Crippen molar-refractivity contribution < 1.29 is 13.2 Å². The zero-order valence-electron chi connectivity index (χ0n) is 12.9. The smallest absolute Gasteiger partial charge is 0.251 e. The van der Waals surface area contributed by atoms with Crippen LogP contribution in [-0.2, 0) is 16.6 Å². The molecule has 2 N–H and O–H groups in total. The van der Waals surface area contributed by atoms with E-state index in [0.717, 1.165) is 5.56 Å². The van der Waals surface area contributed by atoms with Gasteiger partial charge < -0.3 is 5.32 Å². The molecule has 0 heterocycles. The lowest BCUT2D eigenvalue weighted by molar-refractivity contribution is 0.0950. The first-order valence-corrected chi connectivity index (χ1v) is 8.80. The van der Waals surface area contributed by atoms with E-state index in [0.29, 0.717) is 6.54 Å². The molecule has 124 valence electrons. The molecule has 0 atom stereocenters. The lowest BCUT2D eigenvalue weighted by Gasteiger charge is -2.08. The summed E-state index contributed by atoms with van der Waals surface area (Å²) in [6.45, 7) is 0.389. The van der Waals surface area contributed by atoms with Crippen molar-refractivity contribution >= 4 is 15.9 Å². The molecule has 1 amide bonds. The van der Waals surface area contributed by atoms with Crippen LogP contribution in [0, 0.1) is 11.3 Å². The van der Waals surface area contributed by atoms with E-state index in [-0.39, 0.29) is 29.3 Å². The molecule has 0 radical (unpaired) electrons. The maximum Gasteiger partial charge on any atom is 0.251 e. The number of carbonyl (C=O) groups is 1. The second-order valence-electron chi connectivity index (χ2n) is 5.00. The zero-order chi connectivity index (χ0) is 17.4. The largest absolute Gasteiger partial charge is 0.348 e. The molecule has 0 saturated carbocycles. The van der Waals surface area contributed by atoms with Crippen molar-refractivity contribution in [2.24, 2.45) is 0 Å². The number of benzene rings is 2. The molecule has 0 aliphatic rings. The van der Waals surface area contributed by atoms with Gasteiger partial charge in [0.05, 0.1) is 11.0 Å². The van der Waals surface area contributed by atoms with Crippen molar-refractivity contribution in [3.05, 3.63) is 65.7 Å². The van der Waals surface area contributed by atoms with E-state index in [1.165, 1.54) is 18.2 Å². The number of carbonyl (C=O) groups excluding carboxylic acids is 1. The Bertz CT molecular complexity index is 843. The molecule has 7 heteroatoms. The van der Waals surface area contributed by atoms with Crippen LogP contribution in [0.4, 0.5) is 0 Å². The highest BCUT2D eigenvalue weighted by atomic mass is 32.2. The Balaban J connectivity index is 2.06. The molecule has 24 heavy (non-hydrogen) atoms. The van der Waals surface area contributed by atoms with Crippen molar-refractivity contribution in [1.29, 1.82) is 5.26 Å². The highest BCUT2D eigenvalue weighted by Gasteiger charge is 2.15. The fourth-order valence-electron chi connectivity index (χ4n) is 2.01. The van der Waals surface area contributed by atoms with Crippen LogP contribution in [0.1, 0.15) is 22.3 Å². The van der Waals surface area contributed by atoms with Gasteiger partial charge in [-0.25, -0.2) is 13.1 Å². The first-order valence-electron chi connectivity index (χ1n) is 7.32. The average Bonchev–Trinajstić information content (AvgIpc) is 2.61. The van der Waals surface area contributed by atoms with Crippen molar-refractivity contribution in [3.63, 3.8) is 0 Å². The summed E-state index contributed by atoms with van der Waals surface area (Å²) in [4.78, 5) is 12.2. The summed E-state index contributed by atoms with van der Waals surface area (Å²) in [6.07, 6.45) is 0.0798. The molecule has 0 aliphatic heterocycles. The number of rotatable bonds is 7. The van der Waals surface area contributed by atoms with Gasteiger partial charge in [-0.15, -0.1) is 0 Å². The van der Waals surface area contributed by atoms with E-state index < -0.39 is 10.0 Å². The number of hydrogen-bond acceptors (Lipinski definition) is 4. The zero-order valence-corrected chi connectivity index (χ0v) is 13.7. The SMILES string of the molecule is N#CCCNS(=O)(=O)c1cccc(C(=O)NCc2ccccc2)c1. The highest BCUT2D eigenvalue weighted by molar-refractivity contribution is 7.89. The molecular weight excluding hydrogens is 326 g/mol. The second-order valence-corrected chi connectivity index (χ2v) is 6.77. The van der Waals surface area contributed by atoms with E-state index in [9.17, 15) is 13.2 Å². The summed E-state index contributed by atoms with van der Waals surface area (Å²) in [5, 5.41) is 11.2. The maximum absolute atomic E-state index is 12.2. The third-order valence-corrected chi connectivity index (χ3v) is 4.69. The number of sulfonamides is 1. The summed E-state index contributed by atoms with van der Waals surface area (Å²) >= 11 is 0. The molecule has 2 aromatic carbocycles. The maximum atomic E-state index is 12.2. The summed E-state index contributed by atoms with van der Waals surface area (Å²) in [5.41, 5.74) is 1.21. The summed E-state index contributed by atoms with van der Waals surface area (Å²) < 4.78 is 26.5. The molecule has 0 aliphatic carbocycles. The fraction of sp³-hybridized carbons (Fsp3) is 0.176. The summed E-state index contributed by atoms with van der Waals surface area (Å²) in [7, 11) is -3.74. The molecule has 0 spiro atoms. The van der Waals surface area contributed by atoms with Gasteiger partial charge in [0.2, 0.25) is 10.0 Å². The monoisotopic (exact) mass is 343 g/mol. The van der Waals surface area contributed by atoms with Crippen molar-refractivity contribution in [3.8, 4) is 6.07 Å². The van der Waals surface area contributed by atoms with Gasteiger partial charge >= 0.3 is 0 Å². The highest BCUT2D eigenvalue weighted by Crippen LogP contribution is 2.12. The second kappa shape index (κ2) is 8.24. The van der Waals surface area contributed by atoms with Gasteiger partial charge in [-0.3, -0.25) is 4.79 Å². The normalized spacial score (nSPS) is 10.8. The van der Waals surface area contributed by atoms with Crippen LogP contribution in [0.3, 0.4) is 0 Å². The molecule has 0 saturated heterocycles. The third-order valence-electron chi connectivity index (χ3n) is 3.23. The molecule has 0 fully saturated rings. The average molecular weight is 343 g/mol. The van der Waals surface area contributed by atoms with Crippen LogP contribution in [0.25, 0.3) is 0 Å².